The van der Waals surface area contributed by atoms with Crippen molar-refractivity contribution in [2.24, 2.45) is 0 Å². The predicted octanol–water partition coefficient (Wildman–Crippen LogP) is 3.73. The maximum atomic E-state index is 12.6. The van der Waals surface area contributed by atoms with Gasteiger partial charge in [-0.1, -0.05) is 36.4 Å². The number of hydrogen-bond donors (Lipinski definition) is 2. The average Bonchev–Trinajstić information content (AvgIpc) is 2.74. The Labute approximate surface area is 170 Å². The molecule has 0 radical (unpaired) electrons. The van der Waals surface area contributed by atoms with Crippen molar-refractivity contribution >= 4 is 21.6 Å². The highest BCUT2D eigenvalue weighted by Gasteiger charge is 2.16. The van der Waals surface area contributed by atoms with Crippen LogP contribution in [0.3, 0.4) is 0 Å². The molecular formula is C22H22N2O4S. The minimum Gasteiger partial charge on any atom is -0.497 e. The smallest absolute Gasteiger partial charge is 0.261 e. The molecule has 0 aliphatic carbocycles. The summed E-state index contributed by atoms with van der Waals surface area (Å²) in [6.07, 6.45) is 0. The molecule has 0 spiro atoms. The number of carbonyl (C=O) groups is 1. The number of sulfonamides is 1. The van der Waals surface area contributed by atoms with Gasteiger partial charge >= 0.3 is 0 Å². The third-order valence-corrected chi connectivity index (χ3v) is 5.77. The maximum Gasteiger partial charge on any atom is 0.261 e. The Hall–Kier alpha value is -3.32. The van der Waals surface area contributed by atoms with Gasteiger partial charge in [0.2, 0.25) is 0 Å². The number of ether oxygens (including phenoxy) is 1. The molecule has 2 N–H and O–H groups in total. The summed E-state index contributed by atoms with van der Waals surface area (Å²) in [7, 11) is -2.15. The minimum absolute atomic E-state index is 0.160. The predicted molar refractivity (Wildman–Crippen MR) is 113 cm³/mol. The topological polar surface area (TPSA) is 84.5 Å². The van der Waals surface area contributed by atoms with E-state index >= 15 is 0 Å². The summed E-state index contributed by atoms with van der Waals surface area (Å²) in [4.78, 5) is 12.7. The van der Waals surface area contributed by atoms with E-state index in [1.54, 1.807) is 44.4 Å². The van der Waals surface area contributed by atoms with Crippen LogP contribution in [0.25, 0.3) is 0 Å². The third-order valence-electron chi connectivity index (χ3n) is 4.38. The van der Waals surface area contributed by atoms with Gasteiger partial charge < -0.3 is 10.1 Å². The molecule has 0 saturated carbocycles. The molecule has 0 aliphatic heterocycles. The molecule has 0 bridgehead atoms. The van der Waals surface area contributed by atoms with Gasteiger partial charge in [0.25, 0.3) is 15.9 Å². The van der Waals surface area contributed by atoms with Crippen LogP contribution >= 0.6 is 0 Å². The van der Waals surface area contributed by atoms with Crippen molar-refractivity contribution < 1.29 is 17.9 Å². The molecule has 29 heavy (non-hydrogen) atoms. The number of anilines is 1. The van der Waals surface area contributed by atoms with Gasteiger partial charge in [0.15, 0.2) is 0 Å². The summed E-state index contributed by atoms with van der Waals surface area (Å²) in [5.41, 5.74) is 2.34. The average molecular weight is 410 g/mol. The highest BCUT2D eigenvalue weighted by atomic mass is 32.2. The first kappa shape index (κ1) is 20.4. The lowest BCUT2D eigenvalue weighted by atomic mass is 10.1. The summed E-state index contributed by atoms with van der Waals surface area (Å²) < 4.78 is 32.9. The molecule has 6 nitrogen and oxygen atoms in total. The van der Waals surface area contributed by atoms with Gasteiger partial charge in [-0.3, -0.25) is 9.52 Å². The number of hydrogen-bond acceptors (Lipinski definition) is 4. The number of benzene rings is 3. The van der Waals surface area contributed by atoms with Crippen molar-refractivity contribution in [3.8, 4) is 5.75 Å². The second kappa shape index (κ2) is 8.79. The van der Waals surface area contributed by atoms with E-state index in [-0.39, 0.29) is 10.8 Å². The summed E-state index contributed by atoms with van der Waals surface area (Å²) >= 11 is 0. The van der Waals surface area contributed by atoms with Crippen molar-refractivity contribution in [1.29, 1.82) is 0 Å². The van der Waals surface area contributed by atoms with Crippen molar-refractivity contribution in [3.63, 3.8) is 0 Å². The van der Waals surface area contributed by atoms with E-state index in [0.29, 0.717) is 29.1 Å². The molecule has 0 saturated heterocycles. The number of amides is 1. The molecular weight excluding hydrogens is 388 g/mol. The van der Waals surface area contributed by atoms with Crippen LogP contribution in [-0.4, -0.2) is 21.4 Å². The first-order valence-electron chi connectivity index (χ1n) is 8.99. The fourth-order valence-electron chi connectivity index (χ4n) is 2.74. The first-order chi connectivity index (χ1) is 13.9. The molecule has 3 aromatic carbocycles. The number of rotatable bonds is 7. The van der Waals surface area contributed by atoms with Crippen LogP contribution in [0, 0.1) is 6.92 Å². The monoisotopic (exact) mass is 410 g/mol. The fraction of sp³-hybridized carbons (Fsp3) is 0.136. The molecule has 7 heteroatoms. The quantitative estimate of drug-likeness (QED) is 0.622. The SMILES string of the molecule is COc1cccc(CNC(=O)c2ccc(C)c(NS(=O)(=O)c3ccccc3)c2)c1. The molecule has 3 rings (SSSR count). The van der Waals surface area contributed by atoms with Crippen LogP contribution in [-0.2, 0) is 16.6 Å². The third kappa shape index (κ3) is 5.14. The van der Waals surface area contributed by atoms with Crippen LogP contribution in [0.2, 0.25) is 0 Å². The zero-order valence-corrected chi connectivity index (χ0v) is 17.0. The van der Waals surface area contributed by atoms with E-state index < -0.39 is 10.0 Å². The molecule has 1 amide bonds. The maximum absolute atomic E-state index is 12.6. The van der Waals surface area contributed by atoms with E-state index in [2.05, 4.69) is 10.0 Å². The zero-order valence-electron chi connectivity index (χ0n) is 16.2. The van der Waals surface area contributed by atoms with Gasteiger partial charge in [-0.2, -0.15) is 0 Å². The lowest BCUT2D eigenvalue weighted by molar-refractivity contribution is 0.0951. The summed E-state index contributed by atoms with van der Waals surface area (Å²) in [5.74, 6) is 0.415. The highest BCUT2D eigenvalue weighted by Crippen LogP contribution is 2.21. The van der Waals surface area contributed by atoms with Crippen molar-refractivity contribution in [2.45, 2.75) is 18.4 Å². The Bertz CT molecular complexity index is 1110. The van der Waals surface area contributed by atoms with Crippen LogP contribution in [0.4, 0.5) is 5.69 Å². The number of nitrogens with one attached hydrogen (secondary N) is 2. The van der Waals surface area contributed by atoms with Gasteiger partial charge in [0.05, 0.1) is 17.7 Å². The second-order valence-corrected chi connectivity index (χ2v) is 8.16. The minimum atomic E-state index is -3.74. The molecule has 0 aliphatic rings. The van der Waals surface area contributed by atoms with Crippen LogP contribution < -0.4 is 14.8 Å². The van der Waals surface area contributed by atoms with E-state index in [4.69, 9.17) is 4.74 Å². The van der Waals surface area contributed by atoms with Crippen molar-refractivity contribution in [2.75, 3.05) is 11.8 Å². The molecule has 0 heterocycles. The second-order valence-electron chi connectivity index (χ2n) is 6.48. The van der Waals surface area contributed by atoms with Gasteiger partial charge in [-0.05, 0) is 54.4 Å². The van der Waals surface area contributed by atoms with E-state index in [1.807, 2.05) is 24.3 Å². The van der Waals surface area contributed by atoms with Crippen LogP contribution in [0.5, 0.6) is 5.75 Å². The van der Waals surface area contributed by atoms with E-state index in [1.165, 1.54) is 18.2 Å². The lowest BCUT2D eigenvalue weighted by Gasteiger charge is -2.13. The van der Waals surface area contributed by atoms with Crippen molar-refractivity contribution in [1.82, 2.24) is 5.32 Å². The Morgan fingerprint density at radius 3 is 2.45 bits per heavy atom. The summed E-state index contributed by atoms with van der Waals surface area (Å²) in [6.45, 7) is 2.11. The Kier molecular flexibility index (Phi) is 6.19. The molecule has 0 atom stereocenters. The molecule has 0 aromatic heterocycles. The molecule has 0 unspecified atom stereocenters. The molecule has 0 fully saturated rings. The van der Waals surface area contributed by atoms with Gasteiger partial charge in [-0.25, -0.2) is 8.42 Å². The number of carbonyl (C=O) groups excluding carboxylic acids is 1. The Morgan fingerprint density at radius 1 is 0.966 bits per heavy atom. The fourth-order valence-corrected chi connectivity index (χ4v) is 3.89. The standard InChI is InChI=1S/C22H22N2O4S/c1-16-11-12-18(22(25)23-15-17-7-6-8-19(13-17)28-2)14-21(16)24-29(26,27)20-9-4-3-5-10-20/h3-14,24H,15H2,1-2H3,(H,23,25). The Balaban J connectivity index is 1.75. The number of aryl methyl sites for hydroxylation is 1. The normalized spacial score (nSPS) is 11.0. The molecule has 3 aromatic rings. The van der Waals surface area contributed by atoms with Gasteiger partial charge in [-0.15, -0.1) is 0 Å². The van der Waals surface area contributed by atoms with Gasteiger partial charge in [0.1, 0.15) is 5.75 Å². The lowest BCUT2D eigenvalue weighted by Crippen LogP contribution is -2.23. The Morgan fingerprint density at radius 2 is 1.72 bits per heavy atom. The van der Waals surface area contributed by atoms with Gasteiger partial charge in [0, 0.05) is 12.1 Å². The highest BCUT2D eigenvalue weighted by molar-refractivity contribution is 7.92. The van der Waals surface area contributed by atoms with Crippen LogP contribution in [0.1, 0.15) is 21.5 Å². The summed E-state index contributed by atoms with van der Waals surface area (Å²) in [5, 5.41) is 2.84. The van der Waals surface area contributed by atoms with E-state index in [9.17, 15) is 13.2 Å². The number of methoxy groups -OCH3 is 1. The zero-order chi connectivity index (χ0) is 20.9. The summed E-state index contributed by atoms with van der Waals surface area (Å²) in [6, 6.07) is 20.4. The first-order valence-corrected chi connectivity index (χ1v) is 10.5. The van der Waals surface area contributed by atoms with E-state index in [0.717, 1.165) is 5.56 Å². The van der Waals surface area contributed by atoms with Crippen LogP contribution in [0.15, 0.2) is 77.7 Å². The van der Waals surface area contributed by atoms with Crippen molar-refractivity contribution in [3.05, 3.63) is 89.5 Å². The largest absolute Gasteiger partial charge is 0.497 e. The molecule has 150 valence electrons.